The number of unbranched alkanes of at least 4 members (excludes halogenated alkanes) is 1. The highest BCUT2D eigenvalue weighted by molar-refractivity contribution is 7.99. The molecule has 10 nitrogen and oxygen atoms in total. The third-order valence-electron chi connectivity index (χ3n) is 6.27. The first kappa shape index (κ1) is 28.6. The number of hydrogen-bond donors (Lipinski definition) is 2. The van der Waals surface area contributed by atoms with E-state index in [-0.39, 0.29) is 36.7 Å². The highest BCUT2D eigenvalue weighted by Crippen LogP contribution is 2.39. The van der Waals surface area contributed by atoms with E-state index in [1.54, 1.807) is 38.3 Å². The minimum absolute atomic E-state index is 0.104. The Hall–Kier alpha value is -3.38. The van der Waals surface area contributed by atoms with Crippen LogP contribution in [0.25, 0.3) is 0 Å². The molecule has 0 spiro atoms. The van der Waals surface area contributed by atoms with Crippen molar-refractivity contribution < 1.29 is 23.9 Å². The average Bonchev–Trinajstić information content (AvgIpc) is 3.64. The summed E-state index contributed by atoms with van der Waals surface area (Å²) in [5, 5.41) is 15.5. The van der Waals surface area contributed by atoms with Crippen molar-refractivity contribution >= 4 is 45.9 Å². The van der Waals surface area contributed by atoms with Crippen molar-refractivity contribution in [2.24, 2.45) is 0 Å². The molecule has 0 saturated carbocycles. The Morgan fingerprint density at radius 1 is 1.13 bits per heavy atom. The van der Waals surface area contributed by atoms with Gasteiger partial charge in [0.05, 0.1) is 31.6 Å². The lowest BCUT2D eigenvalue weighted by Gasteiger charge is -2.11. The lowest BCUT2D eigenvalue weighted by atomic mass is 10.1. The van der Waals surface area contributed by atoms with Crippen molar-refractivity contribution in [1.82, 2.24) is 20.1 Å². The highest BCUT2D eigenvalue weighted by atomic mass is 32.2. The topological polar surface area (TPSA) is 124 Å². The van der Waals surface area contributed by atoms with E-state index in [9.17, 15) is 14.4 Å². The van der Waals surface area contributed by atoms with Gasteiger partial charge in [-0.2, -0.15) is 0 Å². The van der Waals surface area contributed by atoms with Gasteiger partial charge in [-0.1, -0.05) is 25.1 Å². The molecule has 208 valence electrons. The summed E-state index contributed by atoms with van der Waals surface area (Å²) in [6.45, 7) is 5.02. The minimum atomic E-state index is -0.388. The molecule has 2 N–H and O–H groups in total. The number of methoxy groups -OCH3 is 1. The molecule has 0 unspecified atom stereocenters. The van der Waals surface area contributed by atoms with Gasteiger partial charge in [0.1, 0.15) is 10.8 Å². The van der Waals surface area contributed by atoms with Crippen LogP contribution in [0, 0.1) is 0 Å². The maximum Gasteiger partial charge on any atom is 0.341 e. The van der Waals surface area contributed by atoms with Crippen molar-refractivity contribution in [3.63, 3.8) is 0 Å². The van der Waals surface area contributed by atoms with Gasteiger partial charge in [0.15, 0.2) is 11.0 Å². The number of carbonyl (C=O) groups excluding carboxylic acids is 3. The van der Waals surface area contributed by atoms with E-state index < -0.39 is 0 Å². The molecule has 1 aliphatic carbocycles. The summed E-state index contributed by atoms with van der Waals surface area (Å²) in [4.78, 5) is 39.2. The fourth-order valence-corrected chi connectivity index (χ4v) is 6.38. The van der Waals surface area contributed by atoms with Crippen LogP contribution in [0.2, 0.25) is 0 Å². The zero-order valence-electron chi connectivity index (χ0n) is 22.4. The van der Waals surface area contributed by atoms with Crippen LogP contribution in [0.15, 0.2) is 29.4 Å². The first-order chi connectivity index (χ1) is 18.9. The van der Waals surface area contributed by atoms with Gasteiger partial charge < -0.3 is 24.7 Å². The number of aryl methyl sites for hydroxylation is 1. The van der Waals surface area contributed by atoms with Crippen molar-refractivity contribution in [3.05, 3.63) is 51.7 Å². The number of thioether (sulfide) groups is 1. The number of benzene rings is 1. The summed E-state index contributed by atoms with van der Waals surface area (Å²) >= 11 is 2.73. The fraction of sp³-hybridized carbons (Fsp3) is 0.444. The van der Waals surface area contributed by atoms with Crippen LogP contribution >= 0.6 is 23.1 Å². The third kappa shape index (κ3) is 6.99. The van der Waals surface area contributed by atoms with Gasteiger partial charge in [0.25, 0.3) is 5.91 Å². The molecule has 39 heavy (non-hydrogen) atoms. The molecule has 1 aliphatic rings. The molecule has 2 heterocycles. The smallest absolute Gasteiger partial charge is 0.341 e. The van der Waals surface area contributed by atoms with E-state index in [0.29, 0.717) is 39.4 Å². The molecular weight excluding hydrogens is 538 g/mol. The molecule has 0 radical (unpaired) electrons. The van der Waals surface area contributed by atoms with Crippen LogP contribution in [-0.4, -0.2) is 52.0 Å². The number of rotatable bonds is 13. The molecule has 0 fully saturated rings. The largest absolute Gasteiger partial charge is 0.497 e. The summed E-state index contributed by atoms with van der Waals surface area (Å²) in [7, 11) is 1.58. The van der Waals surface area contributed by atoms with Gasteiger partial charge in [0, 0.05) is 17.0 Å². The lowest BCUT2D eigenvalue weighted by Crippen LogP contribution is -2.25. The van der Waals surface area contributed by atoms with E-state index in [0.717, 1.165) is 42.5 Å². The number of hydrogen-bond acceptors (Lipinski definition) is 9. The molecule has 4 rings (SSSR count). The van der Waals surface area contributed by atoms with Crippen molar-refractivity contribution in [1.29, 1.82) is 0 Å². The summed E-state index contributed by atoms with van der Waals surface area (Å²) < 4.78 is 12.3. The molecular formula is C27H33N5O5S2. The molecule has 2 aromatic heterocycles. The summed E-state index contributed by atoms with van der Waals surface area (Å²) in [6.07, 6.45) is 4.62. The van der Waals surface area contributed by atoms with E-state index in [1.807, 2.05) is 4.57 Å². The van der Waals surface area contributed by atoms with Crippen LogP contribution in [0.3, 0.4) is 0 Å². The van der Waals surface area contributed by atoms with E-state index >= 15 is 0 Å². The van der Waals surface area contributed by atoms with Crippen molar-refractivity contribution in [3.8, 4) is 5.75 Å². The Morgan fingerprint density at radius 3 is 2.64 bits per heavy atom. The highest BCUT2D eigenvalue weighted by Gasteiger charge is 2.28. The van der Waals surface area contributed by atoms with E-state index in [4.69, 9.17) is 9.47 Å². The number of anilines is 1. The predicted octanol–water partition coefficient (Wildman–Crippen LogP) is 4.47. The normalized spacial score (nSPS) is 12.2. The van der Waals surface area contributed by atoms with E-state index in [1.165, 1.54) is 23.1 Å². The third-order valence-corrected chi connectivity index (χ3v) is 8.45. The Morgan fingerprint density at radius 2 is 1.92 bits per heavy atom. The quantitative estimate of drug-likeness (QED) is 0.227. The summed E-state index contributed by atoms with van der Waals surface area (Å²) in [5.41, 5.74) is 2.01. The Bertz CT molecular complexity index is 1320. The van der Waals surface area contributed by atoms with Crippen LogP contribution < -0.4 is 15.4 Å². The minimum Gasteiger partial charge on any atom is -0.497 e. The molecule has 12 heteroatoms. The van der Waals surface area contributed by atoms with Crippen LogP contribution in [0.4, 0.5) is 5.00 Å². The number of aromatic nitrogens is 3. The molecule has 0 saturated heterocycles. The maximum atomic E-state index is 12.9. The number of carbonyl (C=O) groups is 3. The molecule has 2 amide bonds. The number of fused-ring (bicyclic) bond motifs is 1. The first-order valence-electron chi connectivity index (χ1n) is 13.0. The lowest BCUT2D eigenvalue weighted by molar-refractivity contribution is -0.113. The van der Waals surface area contributed by atoms with Gasteiger partial charge in [-0.3, -0.25) is 9.59 Å². The van der Waals surface area contributed by atoms with Crippen LogP contribution in [-0.2, 0) is 35.5 Å². The Kier molecular flexibility index (Phi) is 9.99. The standard InChI is InChI=1S/C27H33N5O5S2/c1-4-6-14-32-21(15-28-24(34)17-10-12-18(36-3)13-11-17)30-31-27(32)38-16-22(33)29-25-23(26(35)37-5-2)19-8-7-9-20(19)39-25/h10-13H,4-9,14-16H2,1-3H3,(H,28,34)(H,29,33). The predicted molar refractivity (Wildman–Crippen MR) is 151 cm³/mol. The number of esters is 1. The zero-order valence-corrected chi connectivity index (χ0v) is 24.0. The molecule has 1 aromatic carbocycles. The number of nitrogens with one attached hydrogen (secondary N) is 2. The van der Waals surface area contributed by atoms with Gasteiger partial charge in [-0.05, 0) is 62.4 Å². The summed E-state index contributed by atoms with van der Waals surface area (Å²) in [6, 6.07) is 6.87. The second kappa shape index (κ2) is 13.6. The molecule has 0 aliphatic heterocycles. The maximum absolute atomic E-state index is 12.9. The van der Waals surface area contributed by atoms with Crippen molar-refractivity contribution in [2.75, 3.05) is 24.8 Å². The Labute approximate surface area is 235 Å². The Balaban J connectivity index is 1.40. The molecule has 0 bridgehead atoms. The zero-order chi connectivity index (χ0) is 27.8. The number of thiophene rings is 1. The van der Waals surface area contributed by atoms with E-state index in [2.05, 4.69) is 27.8 Å². The number of ether oxygens (including phenoxy) is 2. The molecule has 0 atom stereocenters. The van der Waals surface area contributed by atoms with Gasteiger partial charge in [0.2, 0.25) is 5.91 Å². The van der Waals surface area contributed by atoms with Crippen LogP contribution in [0.5, 0.6) is 5.75 Å². The SMILES string of the molecule is CCCCn1c(CNC(=O)c2ccc(OC)cc2)nnc1SCC(=O)Nc1sc2c(c1C(=O)OCC)CCC2. The van der Waals surface area contributed by atoms with Gasteiger partial charge in [-0.25, -0.2) is 4.79 Å². The average molecular weight is 572 g/mol. The van der Waals surface area contributed by atoms with Gasteiger partial charge in [-0.15, -0.1) is 21.5 Å². The summed E-state index contributed by atoms with van der Waals surface area (Å²) in [5.74, 6) is 0.555. The molecule has 3 aromatic rings. The number of amides is 2. The second-order valence-electron chi connectivity index (χ2n) is 8.93. The van der Waals surface area contributed by atoms with Crippen molar-refractivity contribution in [2.45, 2.75) is 64.2 Å². The first-order valence-corrected chi connectivity index (χ1v) is 14.8. The number of nitrogens with zero attached hydrogens (tertiary/aromatic N) is 3. The van der Waals surface area contributed by atoms with Gasteiger partial charge >= 0.3 is 5.97 Å². The monoisotopic (exact) mass is 571 g/mol. The fourth-order valence-electron chi connectivity index (χ4n) is 4.31. The second-order valence-corrected chi connectivity index (χ2v) is 11.0. The van der Waals surface area contributed by atoms with Crippen LogP contribution in [0.1, 0.15) is 70.1 Å².